The van der Waals surface area contributed by atoms with E-state index in [1.54, 1.807) is 0 Å². The van der Waals surface area contributed by atoms with Gasteiger partial charge in [0.25, 0.3) is 0 Å². The van der Waals surface area contributed by atoms with E-state index < -0.39 is 29.7 Å². The number of rotatable bonds is 8. The molecular formula is C19H23NO6. The van der Waals surface area contributed by atoms with Crippen LogP contribution in [-0.2, 0) is 28.6 Å². The smallest absolute Gasteiger partial charge is 0.314 e. The van der Waals surface area contributed by atoms with Gasteiger partial charge in [-0.1, -0.05) is 18.2 Å². The minimum Gasteiger partial charge on any atom is -0.469 e. The predicted octanol–water partition coefficient (Wildman–Crippen LogP) is 2.56. The van der Waals surface area contributed by atoms with Gasteiger partial charge >= 0.3 is 17.9 Å². The van der Waals surface area contributed by atoms with Gasteiger partial charge in [0.15, 0.2) is 0 Å². The summed E-state index contributed by atoms with van der Waals surface area (Å²) < 4.78 is 14.4. The summed E-state index contributed by atoms with van der Waals surface area (Å²) in [5, 5.41) is 0.959. The molecule has 1 aromatic heterocycles. The number of hydrogen-bond acceptors (Lipinski definition) is 6. The van der Waals surface area contributed by atoms with Crippen LogP contribution in [0.4, 0.5) is 0 Å². The number of hydrogen-bond donors (Lipinski definition) is 1. The van der Waals surface area contributed by atoms with Crippen molar-refractivity contribution in [2.45, 2.75) is 25.2 Å². The molecule has 2 aromatic rings. The van der Waals surface area contributed by atoms with Crippen molar-refractivity contribution >= 4 is 28.8 Å². The van der Waals surface area contributed by atoms with Gasteiger partial charge in [-0.3, -0.25) is 14.4 Å². The Morgan fingerprint density at radius 2 is 1.69 bits per heavy atom. The van der Waals surface area contributed by atoms with Gasteiger partial charge in [-0.25, -0.2) is 0 Å². The van der Waals surface area contributed by atoms with Gasteiger partial charge in [0, 0.05) is 17.6 Å². The molecule has 26 heavy (non-hydrogen) atoms. The zero-order valence-electron chi connectivity index (χ0n) is 15.1. The van der Waals surface area contributed by atoms with E-state index in [2.05, 4.69) is 9.72 Å². The van der Waals surface area contributed by atoms with Crippen molar-refractivity contribution in [3.63, 3.8) is 0 Å². The zero-order chi connectivity index (χ0) is 19.1. The highest BCUT2D eigenvalue weighted by atomic mass is 16.5. The minimum atomic E-state index is -0.672. The van der Waals surface area contributed by atoms with Crippen LogP contribution in [0.15, 0.2) is 30.3 Å². The molecule has 0 aliphatic heterocycles. The number of para-hydroxylation sites is 1. The van der Waals surface area contributed by atoms with Crippen molar-refractivity contribution in [2.75, 3.05) is 21.3 Å². The van der Waals surface area contributed by atoms with Crippen LogP contribution in [0, 0.1) is 5.92 Å². The molecule has 7 heteroatoms. The lowest BCUT2D eigenvalue weighted by Crippen LogP contribution is -2.24. The van der Waals surface area contributed by atoms with Crippen LogP contribution in [0.5, 0.6) is 0 Å². The van der Waals surface area contributed by atoms with Crippen LogP contribution < -0.4 is 0 Å². The quantitative estimate of drug-likeness (QED) is 0.573. The van der Waals surface area contributed by atoms with Gasteiger partial charge in [0.1, 0.15) is 0 Å². The Hall–Kier alpha value is -2.83. The molecule has 0 aliphatic carbocycles. The first-order valence-electron chi connectivity index (χ1n) is 8.30. The van der Waals surface area contributed by atoms with Crippen LogP contribution in [0.2, 0.25) is 0 Å². The molecule has 7 nitrogen and oxygen atoms in total. The average molecular weight is 361 g/mol. The third kappa shape index (κ3) is 4.62. The highest BCUT2D eigenvalue weighted by Crippen LogP contribution is 2.30. The van der Waals surface area contributed by atoms with E-state index in [0.717, 1.165) is 10.9 Å². The van der Waals surface area contributed by atoms with Crippen LogP contribution in [0.25, 0.3) is 10.9 Å². The van der Waals surface area contributed by atoms with Crippen molar-refractivity contribution in [3.8, 4) is 0 Å². The fourth-order valence-electron chi connectivity index (χ4n) is 2.95. The van der Waals surface area contributed by atoms with Gasteiger partial charge in [-0.2, -0.15) is 0 Å². The van der Waals surface area contributed by atoms with Crippen LogP contribution in [-0.4, -0.2) is 44.2 Å². The number of H-pyrrole nitrogens is 1. The standard InChI is InChI=1S/C19H23NO6/c1-24-17(21)9-8-13(18(22)25-2)10-14(19(23)26-3)16-11-12-6-4-5-7-15(12)20-16/h4-7,11,13-14,20H,8-10H2,1-3H3. The average Bonchev–Trinajstić information content (AvgIpc) is 3.10. The van der Waals surface area contributed by atoms with Crippen LogP contribution >= 0.6 is 0 Å². The first-order valence-corrected chi connectivity index (χ1v) is 8.30. The molecule has 1 N–H and O–H groups in total. The second-order valence-corrected chi connectivity index (χ2v) is 5.96. The summed E-state index contributed by atoms with van der Waals surface area (Å²) in [4.78, 5) is 39.1. The lowest BCUT2D eigenvalue weighted by atomic mass is 9.89. The molecule has 0 spiro atoms. The molecule has 0 bridgehead atoms. The monoisotopic (exact) mass is 361 g/mol. The van der Waals surface area contributed by atoms with Crippen molar-refractivity contribution in [1.29, 1.82) is 0 Å². The van der Waals surface area contributed by atoms with E-state index in [-0.39, 0.29) is 19.3 Å². The van der Waals surface area contributed by atoms with Gasteiger partial charge < -0.3 is 19.2 Å². The fraction of sp³-hybridized carbons (Fsp3) is 0.421. The first kappa shape index (κ1) is 19.5. The number of nitrogens with one attached hydrogen (secondary N) is 1. The summed E-state index contributed by atoms with van der Waals surface area (Å²) in [6.45, 7) is 0. The summed E-state index contributed by atoms with van der Waals surface area (Å²) >= 11 is 0. The summed E-state index contributed by atoms with van der Waals surface area (Å²) in [6.07, 6.45) is 0.465. The van der Waals surface area contributed by atoms with E-state index in [1.165, 1.54) is 21.3 Å². The number of carbonyl (C=O) groups excluding carboxylic acids is 3. The van der Waals surface area contributed by atoms with Gasteiger partial charge in [-0.05, 0) is 30.4 Å². The Morgan fingerprint density at radius 1 is 1.00 bits per heavy atom. The number of ether oxygens (including phenoxy) is 3. The van der Waals surface area contributed by atoms with E-state index in [9.17, 15) is 14.4 Å². The predicted molar refractivity (Wildman–Crippen MR) is 94.4 cm³/mol. The number of aromatic nitrogens is 1. The molecule has 0 radical (unpaired) electrons. The number of aromatic amines is 1. The van der Waals surface area contributed by atoms with E-state index in [4.69, 9.17) is 9.47 Å². The second kappa shape index (κ2) is 9.03. The van der Waals surface area contributed by atoms with Gasteiger partial charge in [-0.15, -0.1) is 0 Å². The third-order valence-corrected chi connectivity index (χ3v) is 4.39. The Bertz CT molecular complexity index is 748. The van der Waals surface area contributed by atoms with Crippen molar-refractivity contribution in [3.05, 3.63) is 36.0 Å². The fourth-order valence-corrected chi connectivity index (χ4v) is 2.95. The number of carbonyl (C=O) groups is 3. The molecule has 0 aliphatic rings. The Kier molecular flexibility index (Phi) is 6.77. The lowest BCUT2D eigenvalue weighted by Gasteiger charge is -2.19. The Morgan fingerprint density at radius 3 is 2.31 bits per heavy atom. The molecule has 2 rings (SSSR count). The molecule has 0 saturated heterocycles. The second-order valence-electron chi connectivity index (χ2n) is 5.96. The maximum absolute atomic E-state index is 12.3. The highest BCUT2D eigenvalue weighted by molar-refractivity contribution is 5.85. The third-order valence-electron chi connectivity index (χ3n) is 4.39. The molecule has 0 fully saturated rings. The molecular weight excluding hydrogens is 338 g/mol. The molecule has 140 valence electrons. The maximum atomic E-state index is 12.3. The van der Waals surface area contributed by atoms with Gasteiger partial charge in [0.05, 0.1) is 33.2 Å². The van der Waals surface area contributed by atoms with E-state index >= 15 is 0 Å². The summed E-state index contributed by atoms with van der Waals surface area (Å²) in [5.41, 5.74) is 1.55. The van der Waals surface area contributed by atoms with Gasteiger partial charge in [0.2, 0.25) is 0 Å². The van der Waals surface area contributed by atoms with Crippen molar-refractivity contribution < 1.29 is 28.6 Å². The SMILES string of the molecule is COC(=O)CCC(CC(C(=O)OC)c1cc2ccccc2[nH]1)C(=O)OC. The van der Waals surface area contributed by atoms with Crippen LogP contribution in [0.1, 0.15) is 30.9 Å². The number of esters is 3. The normalized spacial score (nSPS) is 13.0. The molecule has 0 amide bonds. The van der Waals surface area contributed by atoms with Crippen molar-refractivity contribution in [2.24, 2.45) is 5.92 Å². The lowest BCUT2D eigenvalue weighted by molar-refractivity contribution is -0.148. The Labute approximate surface area is 151 Å². The molecule has 1 aromatic carbocycles. The number of fused-ring (bicyclic) bond motifs is 1. The molecule has 2 unspecified atom stereocenters. The minimum absolute atomic E-state index is 0.0663. The van der Waals surface area contributed by atoms with Crippen LogP contribution in [0.3, 0.4) is 0 Å². The summed E-state index contributed by atoms with van der Waals surface area (Å²) in [7, 11) is 3.88. The number of benzene rings is 1. The number of methoxy groups -OCH3 is 3. The Balaban J connectivity index is 2.27. The molecule has 1 heterocycles. The van der Waals surface area contributed by atoms with Crippen molar-refractivity contribution in [1.82, 2.24) is 4.98 Å². The van der Waals surface area contributed by atoms with E-state index in [1.807, 2.05) is 30.3 Å². The summed E-state index contributed by atoms with van der Waals surface area (Å²) in [6, 6.07) is 9.50. The zero-order valence-corrected chi connectivity index (χ0v) is 15.1. The summed E-state index contributed by atoms with van der Waals surface area (Å²) in [5.74, 6) is -2.65. The largest absolute Gasteiger partial charge is 0.469 e. The molecule has 0 saturated carbocycles. The highest BCUT2D eigenvalue weighted by Gasteiger charge is 2.31. The topological polar surface area (TPSA) is 94.7 Å². The first-order chi connectivity index (χ1) is 12.5. The maximum Gasteiger partial charge on any atom is 0.314 e. The molecule has 2 atom stereocenters. The van der Waals surface area contributed by atoms with E-state index in [0.29, 0.717) is 5.69 Å².